The van der Waals surface area contributed by atoms with Crippen molar-refractivity contribution in [3.05, 3.63) is 71.9 Å². The molecule has 1 aromatic carbocycles. The Kier molecular flexibility index (Phi) is 32.4. The van der Waals surface area contributed by atoms with E-state index in [1.54, 1.807) is 21.1 Å². The van der Waals surface area contributed by atoms with Crippen molar-refractivity contribution in [1.29, 1.82) is 0 Å². The Balaban J connectivity index is 4.23. The molecule has 0 heterocycles. The summed E-state index contributed by atoms with van der Waals surface area (Å²) in [6.45, 7) is 59.0. The molecule has 1 rings (SSSR count). The minimum Gasteiger partial charge on any atom is -0.493 e. The van der Waals surface area contributed by atoms with Gasteiger partial charge in [0.05, 0.1) is 45.2 Å². The number of carbonyl (C=O) groups excluding carboxylic acids is 3. The number of hydrogen-bond acceptors (Lipinski definition) is 13. The first-order valence-corrected chi connectivity index (χ1v) is 42.8. The van der Waals surface area contributed by atoms with E-state index >= 15 is 4.79 Å². The van der Waals surface area contributed by atoms with Gasteiger partial charge in [0, 0.05) is 49.7 Å². The molecule has 17 heteroatoms. The minimum absolute atomic E-state index is 0.0189. The summed E-state index contributed by atoms with van der Waals surface area (Å²) >= 11 is 0. The molecule has 0 bridgehead atoms. The fourth-order valence-electron chi connectivity index (χ4n) is 10.1. The third-order valence-electron chi connectivity index (χ3n) is 19.4. The molecule has 0 spiro atoms. The van der Waals surface area contributed by atoms with Crippen LogP contribution in [0.4, 0.5) is 0 Å². The van der Waals surface area contributed by atoms with E-state index in [0.717, 1.165) is 34.8 Å². The van der Waals surface area contributed by atoms with Crippen LogP contribution in [0.3, 0.4) is 0 Å². The van der Waals surface area contributed by atoms with Gasteiger partial charge in [0.1, 0.15) is 24.3 Å². The zero-order valence-electron chi connectivity index (χ0n) is 59.1. The lowest BCUT2D eigenvalue weighted by Gasteiger charge is -2.45. The van der Waals surface area contributed by atoms with E-state index < -0.39 is 105 Å². The number of Topliss-reactive ketones (excluding diaryl/α,β-unsaturated/α-hetero) is 2. The zero-order chi connectivity index (χ0) is 66.0. The van der Waals surface area contributed by atoms with Crippen LogP contribution in [0.15, 0.2) is 66.3 Å². The van der Waals surface area contributed by atoms with Crippen LogP contribution in [0.2, 0.25) is 72.5 Å². The Labute approximate surface area is 523 Å². The number of rotatable bonds is 38. The number of methoxy groups -OCH3 is 3. The van der Waals surface area contributed by atoms with E-state index in [-0.39, 0.29) is 52.2 Å². The summed E-state index contributed by atoms with van der Waals surface area (Å²) in [7, 11) is -5.21. The molecule has 1 aromatic rings. The summed E-state index contributed by atoms with van der Waals surface area (Å²) in [5, 5.41) is 12.1. The molecule has 0 aliphatic rings. The van der Waals surface area contributed by atoms with Gasteiger partial charge in [-0.05, 0) is 128 Å². The number of aliphatic hydroxyl groups excluding tert-OH is 1. The molecule has 0 unspecified atom stereocenters. The normalized spacial score (nSPS) is 18.1. The van der Waals surface area contributed by atoms with Crippen LogP contribution in [0.1, 0.15) is 150 Å². The van der Waals surface area contributed by atoms with Gasteiger partial charge in [-0.2, -0.15) is 0 Å². The number of carbonyl (C=O) groups is 3. The maximum atomic E-state index is 15.1. The molecule has 85 heavy (non-hydrogen) atoms. The molecule has 0 saturated carbocycles. The summed E-state index contributed by atoms with van der Waals surface area (Å²) in [6, 6.07) is 8.52. The van der Waals surface area contributed by atoms with E-state index in [2.05, 4.69) is 161 Å². The third-order valence-corrected chi connectivity index (χ3v) is 37.4. The molecular weight excluding hydrogens is 1140 g/mol. The monoisotopic (exact) mass is 1260 g/mol. The first-order chi connectivity index (χ1) is 39.0. The standard InChI is InChI=1S/C68H124O13Si4/c1-31-36-46(6)40-48(8)61(81-85(33-3,34-4)35-5)54(45-78-82(25,26)66(13,14)15)62(77-44-53-37-38-57(73-22)58(42-53)74-23)50(10)56(70)43-55(69)47(7)41-49(9)60(79-83(27,28)67(16,17)18)51(11)59(71)52(12)63(75-24)64(65(72)76-39-32-2)80-84(29,30)68(19,20)21/h31-32,36-38,40-42,46-47,50-52,54,56,60-64,70H,2,33-35,39,43-45H2,1,3-30H3/b36-31-,48-40+,49-41+/t46-,47-,50+,51-,52+,54+,56-,60-,61+,62-,63-,64+/m0/s1. The Morgan fingerprint density at radius 2 is 1.18 bits per heavy atom. The van der Waals surface area contributed by atoms with Gasteiger partial charge in [-0.3, -0.25) is 9.59 Å². The smallest absolute Gasteiger partial charge is 0.337 e. The van der Waals surface area contributed by atoms with Crippen LogP contribution < -0.4 is 9.47 Å². The number of esters is 1. The van der Waals surface area contributed by atoms with Crippen LogP contribution in [0.5, 0.6) is 11.5 Å². The lowest BCUT2D eigenvalue weighted by molar-refractivity contribution is -0.162. The highest BCUT2D eigenvalue weighted by molar-refractivity contribution is 6.75. The lowest BCUT2D eigenvalue weighted by Crippen LogP contribution is -2.54. The van der Waals surface area contributed by atoms with Crippen molar-refractivity contribution in [3.63, 3.8) is 0 Å². The van der Waals surface area contributed by atoms with E-state index in [4.69, 9.17) is 41.4 Å². The predicted octanol–water partition coefficient (Wildman–Crippen LogP) is 16.7. The van der Waals surface area contributed by atoms with Gasteiger partial charge in [-0.1, -0.05) is 161 Å². The highest BCUT2D eigenvalue weighted by Gasteiger charge is 2.50. The number of ether oxygens (including phenoxy) is 5. The van der Waals surface area contributed by atoms with E-state index in [1.165, 1.54) is 13.2 Å². The molecule has 0 aliphatic heterocycles. The van der Waals surface area contributed by atoms with Crippen molar-refractivity contribution in [3.8, 4) is 11.5 Å². The molecule has 0 saturated heterocycles. The maximum Gasteiger partial charge on any atom is 0.337 e. The van der Waals surface area contributed by atoms with Crippen molar-refractivity contribution in [2.75, 3.05) is 34.5 Å². The average molecular weight is 1260 g/mol. The molecule has 1 N–H and O–H groups in total. The number of ketones is 2. The number of aliphatic hydroxyl groups is 1. The SMILES string of the molecule is C=CCOC(=O)[C@H](O[Si](C)(C)C(C)(C)C)[C@@H](OC)[C@H](C)C(=O)[C@H](C)[C@@H](O[Si](C)(C)C(C)(C)C)/C(C)=C/[C@H](C)C(=O)C[C@H](O)[C@@H](C)[C@H](OCc1ccc(OC)c(OC)c1)[C@H](CO[Si](C)(C)C(C)(C)C)[C@H](O[Si](CC)(CC)CC)/C(C)=C/[C@@H](C)/C=C\C. The lowest BCUT2D eigenvalue weighted by atomic mass is 9.80. The number of hydrogen-bond donors (Lipinski definition) is 1. The van der Waals surface area contributed by atoms with Crippen molar-refractivity contribution >= 4 is 50.8 Å². The fraction of sp³-hybridized carbons (Fsp3) is 0.750. The third kappa shape index (κ3) is 22.9. The Bertz CT molecular complexity index is 2330. The summed E-state index contributed by atoms with van der Waals surface area (Å²) in [6.07, 6.45) is 4.63. The molecule has 12 atom stereocenters. The van der Waals surface area contributed by atoms with Crippen LogP contribution >= 0.6 is 0 Å². The molecule has 490 valence electrons. The molecule has 0 fully saturated rings. The van der Waals surface area contributed by atoms with Crippen molar-refractivity contribution in [2.45, 2.75) is 261 Å². The number of benzene rings is 1. The summed E-state index contributed by atoms with van der Waals surface area (Å²) in [4.78, 5) is 43.9. The quantitative estimate of drug-likeness (QED) is 0.0380. The predicted molar refractivity (Wildman–Crippen MR) is 362 cm³/mol. The van der Waals surface area contributed by atoms with Crippen molar-refractivity contribution in [1.82, 2.24) is 0 Å². The van der Waals surface area contributed by atoms with Gasteiger partial charge in [-0.25, -0.2) is 4.79 Å². The average Bonchev–Trinajstić information content (AvgIpc) is 3.49. The molecule has 0 amide bonds. The van der Waals surface area contributed by atoms with Crippen molar-refractivity contribution < 1.29 is 60.9 Å². The molecule has 0 aliphatic carbocycles. The first kappa shape index (κ1) is 80.2. The van der Waals surface area contributed by atoms with Gasteiger partial charge in [-0.15, -0.1) is 0 Å². The van der Waals surface area contributed by atoms with Gasteiger partial charge in [0.15, 0.2) is 50.9 Å². The van der Waals surface area contributed by atoms with E-state index in [1.807, 2.05) is 58.9 Å². The maximum absolute atomic E-state index is 15.1. The Hall–Kier alpha value is -2.82. The molecular formula is C68H124O13Si4. The second-order valence-electron chi connectivity index (χ2n) is 28.8. The van der Waals surface area contributed by atoms with Crippen LogP contribution in [-0.4, -0.2) is 127 Å². The molecule has 0 aromatic heterocycles. The summed E-state index contributed by atoms with van der Waals surface area (Å²) < 4.78 is 59.2. The van der Waals surface area contributed by atoms with Gasteiger partial charge in [0.2, 0.25) is 0 Å². The van der Waals surface area contributed by atoms with E-state index in [0.29, 0.717) is 18.1 Å². The van der Waals surface area contributed by atoms with Crippen molar-refractivity contribution in [2.24, 2.45) is 35.5 Å². The van der Waals surface area contributed by atoms with Gasteiger partial charge in [0.25, 0.3) is 0 Å². The first-order valence-electron chi connectivity index (χ1n) is 31.5. The number of allylic oxidation sites excluding steroid dienone is 4. The minimum atomic E-state index is -2.61. The van der Waals surface area contributed by atoms with Gasteiger partial charge >= 0.3 is 5.97 Å². The molecule has 13 nitrogen and oxygen atoms in total. The Morgan fingerprint density at radius 3 is 1.64 bits per heavy atom. The second kappa shape index (κ2) is 34.4. The zero-order valence-corrected chi connectivity index (χ0v) is 63.1. The van der Waals surface area contributed by atoms with Gasteiger partial charge < -0.3 is 46.5 Å². The Morgan fingerprint density at radius 1 is 0.671 bits per heavy atom. The summed E-state index contributed by atoms with van der Waals surface area (Å²) in [5.74, 6) is -2.92. The van der Waals surface area contributed by atoms with Crippen LogP contribution in [0, 0.1) is 35.5 Å². The molecule has 0 radical (unpaired) electrons. The van der Waals surface area contributed by atoms with Crippen LogP contribution in [0.25, 0.3) is 0 Å². The summed E-state index contributed by atoms with van der Waals surface area (Å²) in [5.41, 5.74) is 2.65. The topological polar surface area (TPSA) is 155 Å². The highest BCUT2D eigenvalue weighted by atomic mass is 28.4. The van der Waals surface area contributed by atoms with E-state index in [9.17, 15) is 14.7 Å². The fourth-order valence-corrected chi connectivity index (χ4v) is 16.6. The van der Waals surface area contributed by atoms with Crippen LogP contribution in [-0.2, 0) is 52.9 Å². The largest absolute Gasteiger partial charge is 0.493 e. The second-order valence-corrected chi connectivity index (χ2v) is 47.8. The highest BCUT2D eigenvalue weighted by Crippen LogP contribution is 2.43.